The quantitative estimate of drug-likeness (QED) is 0.595. The zero-order valence-corrected chi connectivity index (χ0v) is 12.0. The highest BCUT2D eigenvalue weighted by Crippen LogP contribution is 2.57. The summed E-state index contributed by atoms with van der Waals surface area (Å²) in [5, 5.41) is 9.22. The summed E-state index contributed by atoms with van der Waals surface area (Å²) in [6.07, 6.45) is 0.698. The van der Waals surface area contributed by atoms with Gasteiger partial charge in [0, 0.05) is 12.0 Å². The van der Waals surface area contributed by atoms with Crippen LogP contribution in [0.5, 0.6) is 0 Å². The lowest BCUT2D eigenvalue weighted by atomic mass is 9.55. The molecule has 100 valence electrons. The average molecular weight is 242 g/mol. The summed E-state index contributed by atoms with van der Waals surface area (Å²) < 4.78 is 11.5. The van der Waals surface area contributed by atoms with E-state index in [0.29, 0.717) is 6.61 Å². The van der Waals surface area contributed by atoms with Gasteiger partial charge in [0.2, 0.25) is 0 Å². The van der Waals surface area contributed by atoms with Gasteiger partial charge < -0.3 is 14.6 Å². The standard InChI is InChI=1S/C14H26O3/c1-7-16-11(3)17-14(6)8-12(10(2)9-15)13(14,4)5/h11,15H,7-9H2,1-6H3. The van der Waals surface area contributed by atoms with E-state index in [0.717, 1.165) is 12.0 Å². The van der Waals surface area contributed by atoms with Crippen molar-refractivity contribution in [1.29, 1.82) is 0 Å². The summed E-state index contributed by atoms with van der Waals surface area (Å²) in [7, 11) is 0. The number of aliphatic hydroxyl groups excluding tert-OH is 1. The summed E-state index contributed by atoms with van der Waals surface area (Å²) in [4.78, 5) is 0. The molecule has 1 aliphatic rings. The molecule has 0 amide bonds. The van der Waals surface area contributed by atoms with Crippen LogP contribution in [0.3, 0.4) is 0 Å². The second kappa shape index (κ2) is 5.09. The third-order valence-electron chi connectivity index (χ3n) is 4.17. The van der Waals surface area contributed by atoms with Crippen LogP contribution in [0.4, 0.5) is 0 Å². The molecule has 3 nitrogen and oxygen atoms in total. The number of hydrogen-bond donors (Lipinski definition) is 1. The molecule has 1 aliphatic carbocycles. The first kappa shape index (κ1) is 14.7. The molecule has 0 heterocycles. The van der Waals surface area contributed by atoms with Crippen molar-refractivity contribution in [1.82, 2.24) is 0 Å². The fraction of sp³-hybridized carbons (Fsp3) is 0.857. The summed E-state index contributed by atoms with van der Waals surface area (Å²) in [5.41, 5.74) is 2.14. The highest BCUT2D eigenvalue weighted by Gasteiger charge is 2.55. The second-order valence-electron chi connectivity index (χ2n) is 5.59. The van der Waals surface area contributed by atoms with Crippen molar-refractivity contribution in [2.75, 3.05) is 13.2 Å². The van der Waals surface area contributed by atoms with Gasteiger partial charge >= 0.3 is 0 Å². The molecule has 0 aromatic heterocycles. The topological polar surface area (TPSA) is 38.7 Å². The Kier molecular flexibility index (Phi) is 4.39. The van der Waals surface area contributed by atoms with Gasteiger partial charge in [-0.1, -0.05) is 19.4 Å². The van der Waals surface area contributed by atoms with Crippen LogP contribution in [0.15, 0.2) is 11.1 Å². The van der Waals surface area contributed by atoms with Gasteiger partial charge in [0.15, 0.2) is 6.29 Å². The van der Waals surface area contributed by atoms with Gasteiger partial charge in [0.1, 0.15) is 0 Å². The Labute approximate surface area is 105 Å². The van der Waals surface area contributed by atoms with Gasteiger partial charge in [-0.15, -0.1) is 0 Å². The highest BCUT2D eigenvalue weighted by atomic mass is 16.7. The Bertz CT molecular complexity index is 307. The maximum Gasteiger partial charge on any atom is 0.155 e. The van der Waals surface area contributed by atoms with E-state index in [4.69, 9.17) is 9.47 Å². The molecule has 0 spiro atoms. The molecular weight excluding hydrogens is 216 g/mol. The Hall–Kier alpha value is -0.380. The minimum absolute atomic E-state index is 0.0365. The molecule has 0 bridgehead atoms. The molecule has 1 fully saturated rings. The van der Waals surface area contributed by atoms with Crippen molar-refractivity contribution in [3.63, 3.8) is 0 Å². The summed E-state index contributed by atoms with van der Waals surface area (Å²) >= 11 is 0. The van der Waals surface area contributed by atoms with Crippen LogP contribution < -0.4 is 0 Å². The van der Waals surface area contributed by atoms with Gasteiger partial charge in [-0.05, 0) is 39.7 Å². The Morgan fingerprint density at radius 1 is 1.41 bits per heavy atom. The first-order chi connectivity index (χ1) is 7.78. The third kappa shape index (κ3) is 2.56. The zero-order valence-electron chi connectivity index (χ0n) is 12.0. The van der Waals surface area contributed by atoms with Crippen LogP contribution in [0.25, 0.3) is 0 Å². The maximum atomic E-state index is 9.22. The average Bonchev–Trinajstić information content (AvgIpc) is 2.25. The van der Waals surface area contributed by atoms with Crippen molar-refractivity contribution in [2.45, 2.75) is 59.9 Å². The molecule has 17 heavy (non-hydrogen) atoms. The number of rotatable bonds is 5. The van der Waals surface area contributed by atoms with Crippen molar-refractivity contribution < 1.29 is 14.6 Å². The van der Waals surface area contributed by atoms with E-state index in [1.165, 1.54) is 5.57 Å². The monoisotopic (exact) mass is 242 g/mol. The molecule has 0 saturated heterocycles. The molecule has 2 unspecified atom stereocenters. The summed E-state index contributed by atoms with van der Waals surface area (Å²) in [6, 6.07) is 0. The Morgan fingerprint density at radius 3 is 2.41 bits per heavy atom. The third-order valence-corrected chi connectivity index (χ3v) is 4.17. The summed E-state index contributed by atoms with van der Waals surface area (Å²) in [6.45, 7) is 13.2. The van der Waals surface area contributed by atoms with Crippen LogP contribution in [-0.4, -0.2) is 30.2 Å². The Morgan fingerprint density at radius 2 is 2.00 bits per heavy atom. The Balaban J connectivity index is 2.76. The highest BCUT2D eigenvalue weighted by molar-refractivity contribution is 5.35. The normalized spacial score (nSPS) is 31.9. The SMILES string of the molecule is CCOC(C)OC1(C)CC(=C(C)CO)C1(C)C. The van der Waals surface area contributed by atoms with Gasteiger partial charge in [-0.25, -0.2) is 0 Å². The van der Waals surface area contributed by atoms with E-state index in [9.17, 15) is 5.11 Å². The predicted octanol–water partition coefficient (Wildman–Crippen LogP) is 2.88. The first-order valence-electron chi connectivity index (χ1n) is 6.38. The van der Waals surface area contributed by atoms with Gasteiger partial charge in [0.25, 0.3) is 0 Å². The molecule has 1 N–H and O–H groups in total. The molecule has 0 aliphatic heterocycles. The largest absolute Gasteiger partial charge is 0.392 e. The second-order valence-corrected chi connectivity index (χ2v) is 5.59. The van der Waals surface area contributed by atoms with Crippen LogP contribution in [-0.2, 0) is 9.47 Å². The van der Waals surface area contributed by atoms with E-state index in [1.54, 1.807) is 0 Å². The van der Waals surface area contributed by atoms with Crippen LogP contribution in [0.1, 0.15) is 48.0 Å². The van der Waals surface area contributed by atoms with E-state index < -0.39 is 0 Å². The number of aliphatic hydroxyl groups is 1. The van der Waals surface area contributed by atoms with Crippen LogP contribution >= 0.6 is 0 Å². The van der Waals surface area contributed by atoms with Crippen molar-refractivity contribution in [2.24, 2.45) is 5.41 Å². The van der Waals surface area contributed by atoms with E-state index in [-0.39, 0.29) is 23.9 Å². The number of hydrogen-bond acceptors (Lipinski definition) is 3. The molecule has 2 atom stereocenters. The molecule has 0 radical (unpaired) electrons. The molecule has 1 saturated carbocycles. The van der Waals surface area contributed by atoms with E-state index >= 15 is 0 Å². The molecule has 3 heteroatoms. The molecular formula is C14H26O3. The molecule has 1 rings (SSSR count). The van der Waals surface area contributed by atoms with Crippen LogP contribution in [0.2, 0.25) is 0 Å². The van der Waals surface area contributed by atoms with Gasteiger partial charge in [0.05, 0.1) is 12.2 Å². The van der Waals surface area contributed by atoms with Crippen molar-refractivity contribution >= 4 is 0 Å². The first-order valence-corrected chi connectivity index (χ1v) is 6.38. The van der Waals surface area contributed by atoms with Gasteiger partial charge in [-0.3, -0.25) is 0 Å². The maximum absolute atomic E-state index is 9.22. The van der Waals surface area contributed by atoms with Crippen molar-refractivity contribution in [3.05, 3.63) is 11.1 Å². The number of ether oxygens (including phenoxy) is 2. The van der Waals surface area contributed by atoms with Crippen molar-refractivity contribution in [3.8, 4) is 0 Å². The lowest BCUT2D eigenvalue weighted by molar-refractivity contribution is -0.244. The lowest BCUT2D eigenvalue weighted by Crippen LogP contribution is -2.57. The van der Waals surface area contributed by atoms with E-state index in [2.05, 4.69) is 20.8 Å². The zero-order chi connectivity index (χ0) is 13.3. The smallest absolute Gasteiger partial charge is 0.155 e. The molecule has 0 aromatic carbocycles. The predicted molar refractivity (Wildman–Crippen MR) is 68.8 cm³/mol. The lowest BCUT2D eigenvalue weighted by Gasteiger charge is -2.57. The summed E-state index contributed by atoms with van der Waals surface area (Å²) in [5.74, 6) is 0. The van der Waals surface area contributed by atoms with E-state index in [1.807, 2.05) is 20.8 Å². The fourth-order valence-corrected chi connectivity index (χ4v) is 2.60. The van der Waals surface area contributed by atoms with Crippen LogP contribution in [0, 0.1) is 5.41 Å². The minimum atomic E-state index is -0.201. The molecule has 0 aromatic rings. The minimum Gasteiger partial charge on any atom is -0.392 e. The fourth-order valence-electron chi connectivity index (χ4n) is 2.60. The van der Waals surface area contributed by atoms with Gasteiger partial charge in [-0.2, -0.15) is 0 Å².